The topological polar surface area (TPSA) is 84.2 Å². The summed E-state index contributed by atoms with van der Waals surface area (Å²) in [6, 6.07) is 16.7. The van der Waals surface area contributed by atoms with Gasteiger partial charge in [0.1, 0.15) is 6.04 Å². The minimum atomic E-state index is -0.690. The zero-order chi connectivity index (χ0) is 19.1. The van der Waals surface area contributed by atoms with Crippen molar-refractivity contribution < 1.29 is 9.59 Å². The number of hydrogen-bond acceptors (Lipinski definition) is 2. The molecular formula is C21H27N3O2. The van der Waals surface area contributed by atoms with Crippen molar-refractivity contribution in [2.75, 3.05) is 0 Å². The van der Waals surface area contributed by atoms with Crippen LogP contribution < -0.4 is 16.4 Å². The number of hydrogen-bond donors (Lipinski definition) is 3. The van der Waals surface area contributed by atoms with Crippen molar-refractivity contribution in [3.63, 3.8) is 0 Å². The Morgan fingerprint density at radius 1 is 0.923 bits per heavy atom. The third-order valence-electron chi connectivity index (χ3n) is 4.67. The Kier molecular flexibility index (Phi) is 6.78. The lowest BCUT2D eigenvalue weighted by molar-refractivity contribution is -0.124. The molecule has 3 amide bonds. The van der Waals surface area contributed by atoms with Crippen molar-refractivity contribution in [1.29, 1.82) is 0 Å². The van der Waals surface area contributed by atoms with Crippen LogP contribution in [0.15, 0.2) is 54.6 Å². The monoisotopic (exact) mass is 353 g/mol. The number of nitrogens with one attached hydrogen (secondary N) is 2. The Balaban J connectivity index is 2.07. The normalized spacial score (nSPS) is 14.1. The van der Waals surface area contributed by atoms with Gasteiger partial charge in [-0.2, -0.15) is 0 Å². The molecule has 2 aromatic carbocycles. The van der Waals surface area contributed by atoms with E-state index in [-0.39, 0.29) is 17.9 Å². The highest BCUT2D eigenvalue weighted by atomic mass is 16.2. The van der Waals surface area contributed by atoms with Gasteiger partial charge < -0.3 is 16.4 Å². The van der Waals surface area contributed by atoms with Crippen molar-refractivity contribution in [2.45, 2.75) is 39.3 Å². The van der Waals surface area contributed by atoms with Crippen molar-refractivity contribution >= 4 is 11.9 Å². The Bertz CT molecular complexity index is 729. The fourth-order valence-corrected chi connectivity index (χ4v) is 2.84. The predicted molar refractivity (Wildman–Crippen MR) is 104 cm³/mol. The molecule has 26 heavy (non-hydrogen) atoms. The molecule has 2 rings (SSSR count). The number of nitrogens with two attached hydrogens (primary N) is 1. The van der Waals surface area contributed by atoms with Gasteiger partial charge in [0.25, 0.3) is 0 Å². The van der Waals surface area contributed by atoms with Crippen LogP contribution in [0.25, 0.3) is 11.1 Å². The van der Waals surface area contributed by atoms with Crippen LogP contribution in [0.4, 0.5) is 4.79 Å². The van der Waals surface area contributed by atoms with Gasteiger partial charge >= 0.3 is 6.03 Å². The second-order valence-corrected chi connectivity index (χ2v) is 6.59. The van der Waals surface area contributed by atoms with E-state index >= 15 is 0 Å². The summed E-state index contributed by atoms with van der Waals surface area (Å²) in [6.45, 7) is 5.81. The second kappa shape index (κ2) is 9.04. The summed E-state index contributed by atoms with van der Waals surface area (Å²) < 4.78 is 0. The van der Waals surface area contributed by atoms with Crippen molar-refractivity contribution in [1.82, 2.24) is 10.6 Å². The molecule has 5 heteroatoms. The summed E-state index contributed by atoms with van der Waals surface area (Å²) in [5.41, 5.74) is 8.48. The lowest BCUT2D eigenvalue weighted by atomic mass is 9.97. The number of benzene rings is 2. The average Bonchev–Trinajstić information content (AvgIpc) is 2.66. The summed E-state index contributed by atoms with van der Waals surface area (Å²) >= 11 is 0. The van der Waals surface area contributed by atoms with Crippen molar-refractivity contribution in [2.24, 2.45) is 11.7 Å². The number of carbonyl (C=O) groups excluding carboxylic acids is 2. The van der Waals surface area contributed by atoms with E-state index in [1.807, 2.05) is 63.2 Å². The molecule has 0 bridgehead atoms. The SMILES string of the molecule is CC[C@H](C)[C@H](NC(N)=O)C(=O)N[C@@H](C)c1ccc(-c2ccccc2)cc1. The first-order chi connectivity index (χ1) is 12.4. The molecule has 0 unspecified atom stereocenters. The Labute approximate surface area is 155 Å². The fraction of sp³-hybridized carbons (Fsp3) is 0.333. The molecule has 2 aromatic rings. The number of amides is 3. The summed E-state index contributed by atoms with van der Waals surface area (Å²) in [7, 11) is 0. The molecule has 138 valence electrons. The molecule has 0 aliphatic carbocycles. The van der Waals surface area contributed by atoms with E-state index in [0.717, 1.165) is 23.1 Å². The second-order valence-electron chi connectivity index (χ2n) is 6.59. The van der Waals surface area contributed by atoms with Gasteiger partial charge in [0.15, 0.2) is 0 Å². The maximum Gasteiger partial charge on any atom is 0.312 e. The molecule has 0 aliphatic rings. The molecule has 3 atom stereocenters. The highest BCUT2D eigenvalue weighted by molar-refractivity contribution is 5.87. The van der Waals surface area contributed by atoms with Gasteiger partial charge in [-0.05, 0) is 29.5 Å². The molecule has 0 saturated carbocycles. The van der Waals surface area contributed by atoms with Gasteiger partial charge in [-0.15, -0.1) is 0 Å². The third-order valence-corrected chi connectivity index (χ3v) is 4.67. The van der Waals surface area contributed by atoms with E-state index < -0.39 is 12.1 Å². The van der Waals surface area contributed by atoms with Crippen LogP contribution in [0.3, 0.4) is 0 Å². The van der Waals surface area contributed by atoms with E-state index in [9.17, 15) is 9.59 Å². The molecule has 0 saturated heterocycles. The van der Waals surface area contributed by atoms with Gasteiger partial charge in [-0.1, -0.05) is 74.9 Å². The Hall–Kier alpha value is -2.82. The van der Waals surface area contributed by atoms with Crippen molar-refractivity contribution in [3.05, 3.63) is 60.2 Å². The number of primary amides is 1. The molecule has 0 fully saturated rings. The minimum absolute atomic E-state index is 0.00448. The molecule has 5 nitrogen and oxygen atoms in total. The zero-order valence-corrected chi connectivity index (χ0v) is 15.5. The van der Waals surface area contributed by atoms with Gasteiger partial charge in [0.05, 0.1) is 6.04 Å². The summed E-state index contributed by atoms with van der Waals surface area (Å²) in [6.07, 6.45) is 0.762. The smallest absolute Gasteiger partial charge is 0.312 e. The molecule has 0 heterocycles. The number of carbonyl (C=O) groups is 2. The predicted octanol–water partition coefficient (Wildman–Crippen LogP) is 3.61. The van der Waals surface area contributed by atoms with Crippen LogP contribution >= 0.6 is 0 Å². The van der Waals surface area contributed by atoms with Gasteiger partial charge in [0.2, 0.25) is 5.91 Å². The fourth-order valence-electron chi connectivity index (χ4n) is 2.84. The minimum Gasteiger partial charge on any atom is -0.352 e. The first-order valence-electron chi connectivity index (χ1n) is 8.94. The molecule has 0 aromatic heterocycles. The molecule has 4 N–H and O–H groups in total. The van der Waals surface area contributed by atoms with E-state index in [1.165, 1.54) is 0 Å². The summed E-state index contributed by atoms with van der Waals surface area (Å²) in [5.74, 6) is -0.229. The van der Waals surface area contributed by atoms with E-state index in [0.29, 0.717) is 0 Å². The molecular weight excluding hydrogens is 326 g/mol. The number of rotatable bonds is 7. The first kappa shape index (κ1) is 19.5. The highest BCUT2D eigenvalue weighted by Gasteiger charge is 2.26. The van der Waals surface area contributed by atoms with Gasteiger partial charge in [-0.25, -0.2) is 4.79 Å². The Morgan fingerprint density at radius 3 is 2.04 bits per heavy atom. The third kappa shape index (κ3) is 5.09. The van der Waals surface area contributed by atoms with E-state index in [1.54, 1.807) is 0 Å². The standard InChI is InChI=1S/C21H27N3O2/c1-4-14(2)19(24-21(22)26)20(25)23-15(3)16-10-12-18(13-11-16)17-8-6-5-7-9-17/h5-15,19H,4H2,1-3H3,(H,23,25)(H3,22,24,26)/t14-,15-,19-/m0/s1. The van der Waals surface area contributed by atoms with E-state index in [4.69, 9.17) is 5.73 Å². The van der Waals surface area contributed by atoms with Crippen molar-refractivity contribution in [3.8, 4) is 11.1 Å². The van der Waals surface area contributed by atoms with E-state index in [2.05, 4.69) is 22.8 Å². The maximum atomic E-state index is 12.6. The maximum absolute atomic E-state index is 12.6. The highest BCUT2D eigenvalue weighted by Crippen LogP contribution is 2.22. The zero-order valence-electron chi connectivity index (χ0n) is 15.5. The van der Waals surface area contributed by atoms with Crippen LogP contribution in [-0.4, -0.2) is 18.0 Å². The number of urea groups is 1. The summed E-state index contributed by atoms with van der Waals surface area (Å²) in [5, 5.41) is 5.51. The Morgan fingerprint density at radius 2 is 1.50 bits per heavy atom. The molecule has 0 spiro atoms. The average molecular weight is 353 g/mol. The lowest BCUT2D eigenvalue weighted by Gasteiger charge is -2.25. The van der Waals surface area contributed by atoms with Crippen LogP contribution in [0.2, 0.25) is 0 Å². The van der Waals surface area contributed by atoms with Crippen LogP contribution in [-0.2, 0) is 4.79 Å². The quantitative estimate of drug-likeness (QED) is 0.710. The van der Waals surface area contributed by atoms with Gasteiger partial charge in [0, 0.05) is 0 Å². The lowest BCUT2D eigenvalue weighted by Crippen LogP contribution is -2.52. The largest absolute Gasteiger partial charge is 0.352 e. The van der Waals surface area contributed by atoms with Gasteiger partial charge in [-0.3, -0.25) is 4.79 Å². The summed E-state index contributed by atoms with van der Waals surface area (Å²) in [4.78, 5) is 23.8. The first-order valence-corrected chi connectivity index (χ1v) is 8.94. The molecule has 0 aliphatic heterocycles. The molecule has 0 radical (unpaired) electrons. The van der Waals surface area contributed by atoms with Crippen LogP contribution in [0.5, 0.6) is 0 Å². The van der Waals surface area contributed by atoms with Crippen LogP contribution in [0.1, 0.15) is 38.8 Å². The van der Waals surface area contributed by atoms with Crippen LogP contribution in [0, 0.1) is 5.92 Å².